The second-order valence-corrected chi connectivity index (χ2v) is 4.21. The normalized spacial score (nSPS) is 15.2. The van der Waals surface area contributed by atoms with Crippen LogP contribution in [0.2, 0.25) is 0 Å². The van der Waals surface area contributed by atoms with Crippen molar-refractivity contribution in [2.75, 3.05) is 40.0 Å². The number of nitrogens with one attached hydrogen (secondary N) is 1. The van der Waals surface area contributed by atoms with Crippen molar-refractivity contribution in [3.05, 3.63) is 0 Å². The molecule has 0 heterocycles. The zero-order chi connectivity index (χ0) is 13.1. The maximum atomic E-state index is 9.99. The summed E-state index contributed by atoms with van der Waals surface area (Å²) in [6.07, 6.45) is 0.355. The van der Waals surface area contributed by atoms with Crippen LogP contribution in [0.3, 0.4) is 0 Å². The number of rotatable bonds is 11. The number of ether oxygens (including phenoxy) is 3. The molecule has 0 saturated carbocycles. The van der Waals surface area contributed by atoms with E-state index in [1.54, 1.807) is 14.0 Å². The molecule has 0 aliphatic carbocycles. The van der Waals surface area contributed by atoms with Crippen molar-refractivity contribution in [2.24, 2.45) is 0 Å². The number of hydrogen-bond acceptors (Lipinski definition) is 5. The van der Waals surface area contributed by atoms with Crippen LogP contribution in [0, 0.1) is 0 Å². The molecule has 1 atom stereocenters. The number of aliphatic hydroxyl groups is 1. The average Bonchev–Trinajstić information content (AvgIpc) is 2.27. The lowest BCUT2D eigenvalue weighted by atomic mass is 10.0. The summed E-state index contributed by atoms with van der Waals surface area (Å²) in [6, 6.07) is 0. The van der Waals surface area contributed by atoms with Gasteiger partial charge in [-0.05, 0) is 20.8 Å². The first kappa shape index (κ1) is 16.8. The third-order valence-corrected chi connectivity index (χ3v) is 2.37. The predicted octanol–water partition coefficient (Wildman–Crippen LogP) is 0.763. The molecule has 0 fully saturated rings. The maximum absolute atomic E-state index is 9.99. The van der Waals surface area contributed by atoms with Crippen molar-refractivity contribution >= 4 is 0 Å². The van der Waals surface area contributed by atoms with E-state index in [0.29, 0.717) is 39.3 Å². The van der Waals surface area contributed by atoms with Gasteiger partial charge >= 0.3 is 0 Å². The largest absolute Gasteiger partial charge is 0.389 e. The van der Waals surface area contributed by atoms with Crippen LogP contribution in [0.4, 0.5) is 0 Å². The molecule has 0 aromatic rings. The minimum Gasteiger partial charge on any atom is -0.389 e. The minimum atomic E-state index is -0.765. The molecule has 0 saturated heterocycles. The van der Waals surface area contributed by atoms with Gasteiger partial charge in [-0.15, -0.1) is 0 Å². The summed E-state index contributed by atoms with van der Waals surface area (Å²) in [5.74, 6) is 0. The first-order valence-electron chi connectivity index (χ1n) is 6.21. The molecule has 0 radical (unpaired) electrons. The summed E-state index contributed by atoms with van der Waals surface area (Å²) < 4.78 is 15.7. The molecule has 0 aromatic carbocycles. The van der Waals surface area contributed by atoms with Gasteiger partial charge in [0.25, 0.3) is 0 Å². The average molecular weight is 249 g/mol. The zero-order valence-electron chi connectivity index (χ0n) is 11.5. The molecule has 5 heteroatoms. The molecule has 0 spiro atoms. The lowest BCUT2D eigenvalue weighted by Gasteiger charge is -2.25. The Balaban J connectivity index is 3.77. The third-order valence-electron chi connectivity index (χ3n) is 2.37. The lowest BCUT2D eigenvalue weighted by molar-refractivity contribution is -0.134. The van der Waals surface area contributed by atoms with E-state index in [2.05, 4.69) is 5.32 Å². The Bertz CT molecular complexity index is 170. The van der Waals surface area contributed by atoms with Gasteiger partial charge in [-0.2, -0.15) is 0 Å². The van der Waals surface area contributed by atoms with Gasteiger partial charge in [0.1, 0.15) is 0 Å². The van der Waals surface area contributed by atoms with E-state index < -0.39 is 5.60 Å². The molecule has 17 heavy (non-hydrogen) atoms. The van der Waals surface area contributed by atoms with Crippen LogP contribution in [-0.4, -0.2) is 57.0 Å². The number of hydrogen-bond donors (Lipinski definition) is 2. The van der Waals surface area contributed by atoms with Gasteiger partial charge in [0.05, 0.1) is 5.60 Å². The van der Waals surface area contributed by atoms with Gasteiger partial charge in [-0.3, -0.25) is 0 Å². The molecular formula is C12H27NO4. The second kappa shape index (κ2) is 9.79. The molecule has 2 N–H and O–H groups in total. The standard InChI is InChI=1S/C12H27NO4/c1-5-16-11(17-6-2)9-13-10-12(3,14)7-8-15-4/h11,13-14H,5-10H2,1-4H3. The molecule has 0 bridgehead atoms. The van der Waals surface area contributed by atoms with Gasteiger partial charge in [0.2, 0.25) is 0 Å². The Morgan fingerprint density at radius 1 is 1.24 bits per heavy atom. The van der Waals surface area contributed by atoms with Crippen LogP contribution >= 0.6 is 0 Å². The van der Waals surface area contributed by atoms with Crippen LogP contribution in [0.5, 0.6) is 0 Å². The van der Waals surface area contributed by atoms with Crippen LogP contribution in [0.15, 0.2) is 0 Å². The van der Waals surface area contributed by atoms with E-state index in [0.717, 1.165) is 0 Å². The third kappa shape index (κ3) is 9.50. The van der Waals surface area contributed by atoms with Crippen molar-refractivity contribution in [3.8, 4) is 0 Å². The first-order chi connectivity index (χ1) is 8.05. The summed E-state index contributed by atoms with van der Waals surface area (Å²) in [7, 11) is 1.63. The Morgan fingerprint density at radius 3 is 2.29 bits per heavy atom. The summed E-state index contributed by atoms with van der Waals surface area (Å²) >= 11 is 0. The van der Waals surface area contributed by atoms with E-state index in [9.17, 15) is 5.11 Å². The zero-order valence-corrected chi connectivity index (χ0v) is 11.5. The molecule has 0 aliphatic heterocycles. The van der Waals surface area contributed by atoms with Crippen molar-refractivity contribution in [1.29, 1.82) is 0 Å². The quantitative estimate of drug-likeness (QED) is 0.529. The van der Waals surface area contributed by atoms with Crippen LogP contribution < -0.4 is 5.32 Å². The van der Waals surface area contributed by atoms with Crippen LogP contribution in [-0.2, 0) is 14.2 Å². The Labute approximate surface area is 104 Å². The summed E-state index contributed by atoms with van der Waals surface area (Å²) in [4.78, 5) is 0. The Morgan fingerprint density at radius 2 is 1.82 bits per heavy atom. The molecule has 1 unspecified atom stereocenters. The highest BCUT2D eigenvalue weighted by Crippen LogP contribution is 2.07. The molecule has 0 rings (SSSR count). The molecule has 0 amide bonds. The predicted molar refractivity (Wildman–Crippen MR) is 67.0 cm³/mol. The SMILES string of the molecule is CCOC(CNCC(C)(O)CCOC)OCC. The van der Waals surface area contributed by atoms with Gasteiger partial charge < -0.3 is 24.6 Å². The number of methoxy groups -OCH3 is 1. The fourth-order valence-electron chi connectivity index (χ4n) is 1.41. The Kier molecular flexibility index (Phi) is 9.68. The van der Waals surface area contributed by atoms with Gasteiger partial charge in [0.15, 0.2) is 6.29 Å². The fraction of sp³-hybridized carbons (Fsp3) is 1.00. The highest BCUT2D eigenvalue weighted by molar-refractivity contribution is 4.75. The highest BCUT2D eigenvalue weighted by atomic mass is 16.7. The minimum absolute atomic E-state index is 0.247. The van der Waals surface area contributed by atoms with Crippen LogP contribution in [0.25, 0.3) is 0 Å². The van der Waals surface area contributed by atoms with Crippen LogP contribution in [0.1, 0.15) is 27.2 Å². The fourth-order valence-corrected chi connectivity index (χ4v) is 1.41. The van der Waals surface area contributed by atoms with Gasteiger partial charge in [-0.1, -0.05) is 0 Å². The second-order valence-electron chi connectivity index (χ2n) is 4.21. The van der Waals surface area contributed by atoms with Crippen molar-refractivity contribution in [3.63, 3.8) is 0 Å². The monoisotopic (exact) mass is 249 g/mol. The smallest absolute Gasteiger partial charge is 0.169 e. The van der Waals surface area contributed by atoms with E-state index >= 15 is 0 Å². The molecule has 5 nitrogen and oxygen atoms in total. The molecular weight excluding hydrogens is 222 g/mol. The molecule has 104 valence electrons. The maximum Gasteiger partial charge on any atom is 0.169 e. The topological polar surface area (TPSA) is 60.0 Å². The van der Waals surface area contributed by atoms with Crippen molar-refractivity contribution in [2.45, 2.75) is 39.1 Å². The highest BCUT2D eigenvalue weighted by Gasteiger charge is 2.20. The van der Waals surface area contributed by atoms with E-state index in [4.69, 9.17) is 14.2 Å². The lowest BCUT2D eigenvalue weighted by Crippen LogP contribution is -2.42. The van der Waals surface area contributed by atoms with E-state index in [1.165, 1.54) is 0 Å². The van der Waals surface area contributed by atoms with Gasteiger partial charge in [-0.25, -0.2) is 0 Å². The van der Waals surface area contributed by atoms with Gasteiger partial charge in [0, 0.05) is 46.4 Å². The Hall–Kier alpha value is -0.200. The summed E-state index contributed by atoms with van der Waals surface area (Å²) in [6.45, 7) is 8.50. The van der Waals surface area contributed by atoms with Crippen molar-refractivity contribution in [1.82, 2.24) is 5.32 Å². The molecule has 0 aromatic heterocycles. The van der Waals surface area contributed by atoms with E-state index in [1.807, 2.05) is 13.8 Å². The summed E-state index contributed by atoms with van der Waals surface area (Å²) in [5.41, 5.74) is -0.765. The summed E-state index contributed by atoms with van der Waals surface area (Å²) in [5, 5.41) is 13.1. The van der Waals surface area contributed by atoms with Crippen molar-refractivity contribution < 1.29 is 19.3 Å². The molecule has 0 aliphatic rings. The van der Waals surface area contributed by atoms with E-state index in [-0.39, 0.29) is 6.29 Å². The first-order valence-corrected chi connectivity index (χ1v) is 6.21.